The smallest absolute Gasteiger partial charge is 0.223 e. The monoisotopic (exact) mass is 282 g/mol. The quantitative estimate of drug-likeness (QED) is 0.764. The molecule has 0 spiro atoms. The van der Waals surface area contributed by atoms with Gasteiger partial charge in [-0.3, -0.25) is 4.79 Å². The molecule has 0 aliphatic carbocycles. The summed E-state index contributed by atoms with van der Waals surface area (Å²) in [5.74, 6) is -0.0942. The van der Waals surface area contributed by atoms with Crippen LogP contribution in [0.25, 0.3) is 21.2 Å². The molecule has 100 valence electrons. The maximum absolute atomic E-state index is 11.1. The summed E-state index contributed by atoms with van der Waals surface area (Å²) in [6, 6.07) is 14.5. The molecule has 0 fully saturated rings. The van der Waals surface area contributed by atoms with Gasteiger partial charge in [0.05, 0.1) is 10.6 Å². The predicted octanol–water partition coefficient (Wildman–Crippen LogP) is 4.23. The molecule has 0 aliphatic heterocycles. The fraction of sp³-hybridized carbons (Fsp3) is 0.125. The van der Waals surface area contributed by atoms with Crippen LogP contribution in [0, 0.1) is 6.92 Å². The van der Waals surface area contributed by atoms with E-state index in [1.165, 1.54) is 29.0 Å². The van der Waals surface area contributed by atoms with Gasteiger partial charge in [-0.1, -0.05) is 53.8 Å². The molecule has 0 bridgehead atoms. The summed E-state index contributed by atoms with van der Waals surface area (Å²) >= 11 is 1.51. The second kappa shape index (κ2) is 5.06. The highest BCUT2D eigenvalue weighted by Gasteiger charge is 2.12. The van der Waals surface area contributed by atoms with E-state index < -0.39 is 0 Å². The minimum atomic E-state index is -0.0942. The van der Waals surface area contributed by atoms with E-state index in [-0.39, 0.29) is 5.91 Å². The third kappa shape index (κ3) is 2.30. The van der Waals surface area contributed by atoms with Crippen molar-refractivity contribution in [3.8, 4) is 10.4 Å². The largest absolute Gasteiger partial charge is 0.302 e. The van der Waals surface area contributed by atoms with E-state index in [4.69, 9.17) is 0 Å². The van der Waals surface area contributed by atoms with E-state index >= 15 is 0 Å². The van der Waals surface area contributed by atoms with Crippen LogP contribution in [0.3, 0.4) is 0 Å². The third-order valence-corrected chi connectivity index (χ3v) is 4.22. The number of benzene rings is 2. The third-order valence-electron chi connectivity index (χ3n) is 3.11. The first kappa shape index (κ1) is 12.8. The number of anilines is 1. The molecule has 1 heterocycles. The Morgan fingerprint density at radius 2 is 1.90 bits per heavy atom. The minimum absolute atomic E-state index is 0.0942. The van der Waals surface area contributed by atoms with E-state index in [2.05, 4.69) is 40.6 Å². The standard InChI is InChI=1S/C16H14N2OS/c1-10-15(20-16(17-10)18-11(2)19)14-9-5-7-12-6-3-4-8-13(12)14/h3-9H,1-2H3,(H,17,18,19). The molecule has 0 radical (unpaired) electrons. The highest BCUT2D eigenvalue weighted by atomic mass is 32.1. The van der Waals surface area contributed by atoms with Crippen molar-refractivity contribution in [1.29, 1.82) is 0 Å². The molecule has 1 N–H and O–H groups in total. The first-order valence-corrected chi connectivity index (χ1v) is 7.20. The molecule has 4 heteroatoms. The van der Waals surface area contributed by atoms with Crippen molar-refractivity contribution < 1.29 is 4.79 Å². The Morgan fingerprint density at radius 3 is 2.70 bits per heavy atom. The average Bonchev–Trinajstić information content (AvgIpc) is 2.78. The Bertz CT molecular complexity index is 787. The van der Waals surface area contributed by atoms with Crippen LogP contribution < -0.4 is 5.32 Å². The summed E-state index contributed by atoms with van der Waals surface area (Å²) < 4.78 is 0. The second-order valence-corrected chi connectivity index (χ2v) is 5.64. The zero-order chi connectivity index (χ0) is 14.1. The lowest BCUT2D eigenvalue weighted by Gasteiger charge is -2.04. The van der Waals surface area contributed by atoms with E-state index in [9.17, 15) is 4.79 Å². The molecule has 2 aromatic carbocycles. The lowest BCUT2D eigenvalue weighted by molar-refractivity contribution is -0.114. The Kier molecular flexibility index (Phi) is 3.24. The molecule has 0 saturated carbocycles. The first-order valence-electron chi connectivity index (χ1n) is 6.38. The number of nitrogens with one attached hydrogen (secondary N) is 1. The molecule has 3 nitrogen and oxygen atoms in total. The van der Waals surface area contributed by atoms with Crippen LogP contribution in [0.5, 0.6) is 0 Å². The van der Waals surface area contributed by atoms with Gasteiger partial charge in [-0.25, -0.2) is 4.98 Å². The fourth-order valence-electron chi connectivity index (χ4n) is 2.27. The summed E-state index contributed by atoms with van der Waals surface area (Å²) in [6.45, 7) is 3.47. The van der Waals surface area contributed by atoms with Gasteiger partial charge in [0.15, 0.2) is 5.13 Å². The SMILES string of the molecule is CC(=O)Nc1nc(C)c(-c2cccc3ccccc23)s1. The van der Waals surface area contributed by atoms with Crippen LogP contribution in [0.1, 0.15) is 12.6 Å². The number of carbonyl (C=O) groups is 1. The zero-order valence-corrected chi connectivity index (χ0v) is 12.1. The lowest BCUT2D eigenvalue weighted by Crippen LogP contribution is -2.04. The van der Waals surface area contributed by atoms with Crippen molar-refractivity contribution in [2.45, 2.75) is 13.8 Å². The van der Waals surface area contributed by atoms with Gasteiger partial charge >= 0.3 is 0 Å². The van der Waals surface area contributed by atoms with Gasteiger partial charge in [0.1, 0.15) is 0 Å². The van der Waals surface area contributed by atoms with E-state index in [1.54, 1.807) is 0 Å². The summed E-state index contributed by atoms with van der Waals surface area (Å²) in [5, 5.41) is 5.82. The Hall–Kier alpha value is -2.20. The summed E-state index contributed by atoms with van der Waals surface area (Å²) in [7, 11) is 0. The molecule has 1 aromatic heterocycles. The maximum atomic E-state index is 11.1. The van der Waals surface area contributed by atoms with E-state index in [0.717, 1.165) is 16.1 Å². The first-order chi connectivity index (χ1) is 9.65. The van der Waals surface area contributed by atoms with Crippen LogP contribution in [0.2, 0.25) is 0 Å². The van der Waals surface area contributed by atoms with Crippen molar-refractivity contribution >= 4 is 33.1 Å². The molecular weight excluding hydrogens is 268 g/mol. The van der Waals surface area contributed by atoms with Crippen molar-refractivity contribution in [1.82, 2.24) is 4.98 Å². The highest BCUT2D eigenvalue weighted by Crippen LogP contribution is 2.36. The summed E-state index contributed by atoms with van der Waals surface area (Å²) in [6.07, 6.45) is 0. The van der Waals surface area contributed by atoms with Gasteiger partial charge < -0.3 is 5.32 Å². The number of amides is 1. The fourth-order valence-corrected chi connectivity index (χ4v) is 3.33. The van der Waals surface area contributed by atoms with Gasteiger partial charge in [0, 0.05) is 12.5 Å². The number of carbonyl (C=O) groups excluding carboxylic acids is 1. The van der Waals surface area contributed by atoms with Crippen molar-refractivity contribution in [2.75, 3.05) is 5.32 Å². The molecular formula is C16H14N2OS. The number of hydrogen-bond acceptors (Lipinski definition) is 3. The zero-order valence-electron chi connectivity index (χ0n) is 11.3. The van der Waals surface area contributed by atoms with E-state index in [0.29, 0.717) is 5.13 Å². The van der Waals surface area contributed by atoms with Gasteiger partial charge in [-0.2, -0.15) is 0 Å². The van der Waals surface area contributed by atoms with Gasteiger partial charge in [0.25, 0.3) is 0 Å². The van der Waals surface area contributed by atoms with Gasteiger partial charge in [0.2, 0.25) is 5.91 Å². The maximum Gasteiger partial charge on any atom is 0.223 e. The second-order valence-electron chi connectivity index (χ2n) is 4.64. The minimum Gasteiger partial charge on any atom is -0.302 e. The number of thiazole rings is 1. The molecule has 0 unspecified atom stereocenters. The van der Waals surface area contributed by atoms with Gasteiger partial charge in [-0.05, 0) is 17.7 Å². The molecule has 1 amide bonds. The molecule has 3 rings (SSSR count). The Balaban J connectivity index is 2.16. The van der Waals surface area contributed by atoms with Crippen molar-refractivity contribution in [3.05, 3.63) is 48.2 Å². The number of hydrogen-bond donors (Lipinski definition) is 1. The summed E-state index contributed by atoms with van der Waals surface area (Å²) in [4.78, 5) is 16.7. The molecule has 3 aromatic rings. The van der Waals surface area contributed by atoms with Crippen LogP contribution in [0.15, 0.2) is 42.5 Å². The van der Waals surface area contributed by atoms with Crippen molar-refractivity contribution in [3.63, 3.8) is 0 Å². The topological polar surface area (TPSA) is 42.0 Å². The van der Waals surface area contributed by atoms with Crippen LogP contribution >= 0.6 is 11.3 Å². The Morgan fingerprint density at radius 1 is 1.15 bits per heavy atom. The van der Waals surface area contributed by atoms with Gasteiger partial charge in [-0.15, -0.1) is 0 Å². The normalized spacial score (nSPS) is 10.7. The molecule has 0 saturated heterocycles. The van der Waals surface area contributed by atoms with Crippen LogP contribution in [-0.2, 0) is 4.79 Å². The number of aromatic nitrogens is 1. The molecule has 20 heavy (non-hydrogen) atoms. The number of aryl methyl sites for hydroxylation is 1. The Labute approximate surface area is 121 Å². The number of nitrogens with zero attached hydrogens (tertiary/aromatic N) is 1. The van der Waals surface area contributed by atoms with Crippen LogP contribution in [-0.4, -0.2) is 10.9 Å². The number of fused-ring (bicyclic) bond motifs is 1. The summed E-state index contributed by atoms with van der Waals surface area (Å²) in [5.41, 5.74) is 2.10. The average molecular weight is 282 g/mol. The predicted molar refractivity (Wildman–Crippen MR) is 84.1 cm³/mol. The lowest BCUT2D eigenvalue weighted by atomic mass is 10.0. The van der Waals surface area contributed by atoms with Crippen LogP contribution in [0.4, 0.5) is 5.13 Å². The van der Waals surface area contributed by atoms with E-state index in [1.807, 2.05) is 19.1 Å². The number of rotatable bonds is 2. The highest BCUT2D eigenvalue weighted by molar-refractivity contribution is 7.19. The van der Waals surface area contributed by atoms with Crippen molar-refractivity contribution in [2.24, 2.45) is 0 Å². The molecule has 0 atom stereocenters. The molecule has 0 aliphatic rings.